The molecule has 250 valence electrons. The van der Waals surface area contributed by atoms with Gasteiger partial charge in [-0.25, -0.2) is 4.98 Å². The Morgan fingerprint density at radius 2 is 1.55 bits per heavy atom. The van der Waals surface area contributed by atoms with Crippen LogP contribution in [0.3, 0.4) is 0 Å². The minimum absolute atomic E-state index is 0.0415. The first-order chi connectivity index (χ1) is 23.9. The Kier molecular flexibility index (Phi) is 8.85. The molecule has 5 aromatic rings. The summed E-state index contributed by atoms with van der Waals surface area (Å²) in [4.78, 5) is 44.6. The van der Waals surface area contributed by atoms with Crippen LogP contribution in [0, 0.1) is 0 Å². The molecule has 13 nitrogen and oxygen atoms in total. The van der Waals surface area contributed by atoms with Gasteiger partial charge in [-0.15, -0.1) is 0 Å². The highest BCUT2D eigenvalue weighted by Crippen LogP contribution is 2.36. The molecule has 2 amide bonds. The molecule has 2 aliphatic rings. The van der Waals surface area contributed by atoms with Crippen LogP contribution >= 0.6 is 11.8 Å². The lowest BCUT2D eigenvalue weighted by Gasteiger charge is -2.15. The van der Waals surface area contributed by atoms with Crippen LogP contribution in [0.15, 0.2) is 82.7 Å². The summed E-state index contributed by atoms with van der Waals surface area (Å²) in [7, 11) is 3.05. The summed E-state index contributed by atoms with van der Waals surface area (Å²) in [6, 6.07) is 20.8. The number of amides is 2. The fourth-order valence-corrected chi connectivity index (χ4v) is 6.14. The molecule has 0 unspecified atom stereocenters. The molecule has 0 atom stereocenters. The van der Waals surface area contributed by atoms with E-state index in [1.165, 1.54) is 11.7 Å². The molecule has 0 radical (unpaired) electrons. The highest BCUT2D eigenvalue weighted by Gasteiger charge is 2.21. The number of nitrogens with one attached hydrogen (secondary N) is 2. The summed E-state index contributed by atoms with van der Waals surface area (Å²) in [5.41, 5.74) is 2.67. The van der Waals surface area contributed by atoms with E-state index in [9.17, 15) is 14.4 Å². The predicted octanol–water partition coefficient (Wildman–Crippen LogP) is 4.58. The van der Waals surface area contributed by atoms with Gasteiger partial charge in [-0.3, -0.25) is 19.0 Å². The number of rotatable bonds is 11. The highest BCUT2D eigenvalue weighted by molar-refractivity contribution is 7.99. The van der Waals surface area contributed by atoms with Crippen molar-refractivity contribution in [3.8, 4) is 34.5 Å². The Morgan fingerprint density at radius 3 is 2.31 bits per heavy atom. The minimum Gasteiger partial charge on any atom is -0.497 e. The van der Waals surface area contributed by atoms with E-state index in [0.717, 1.165) is 22.9 Å². The molecule has 14 heteroatoms. The monoisotopic (exact) mass is 682 g/mol. The van der Waals surface area contributed by atoms with Crippen LogP contribution < -0.4 is 44.6 Å². The van der Waals surface area contributed by atoms with Gasteiger partial charge in [0.15, 0.2) is 28.2 Å². The summed E-state index contributed by atoms with van der Waals surface area (Å²) in [5, 5.41) is 6.44. The Morgan fingerprint density at radius 1 is 0.837 bits per heavy atom. The Labute approximate surface area is 284 Å². The van der Waals surface area contributed by atoms with Gasteiger partial charge in [0.1, 0.15) is 11.5 Å². The Bertz CT molecular complexity index is 2140. The number of ether oxygens (including phenoxy) is 6. The summed E-state index contributed by atoms with van der Waals surface area (Å²) >= 11 is 1.12. The number of benzene rings is 4. The molecule has 2 aliphatic heterocycles. The molecule has 0 saturated heterocycles. The molecular formula is C35H30N4O9S. The van der Waals surface area contributed by atoms with Gasteiger partial charge in [0, 0.05) is 24.2 Å². The van der Waals surface area contributed by atoms with Gasteiger partial charge in [0.05, 0.1) is 43.1 Å². The summed E-state index contributed by atoms with van der Waals surface area (Å²) in [6.45, 7) is 0.686. The number of nitrogens with zero attached hydrogens (tertiary/aromatic N) is 2. The van der Waals surface area contributed by atoms with Gasteiger partial charge >= 0.3 is 0 Å². The van der Waals surface area contributed by atoms with Crippen LogP contribution in [0.25, 0.3) is 10.9 Å². The zero-order valence-corrected chi connectivity index (χ0v) is 27.3. The zero-order chi connectivity index (χ0) is 33.9. The van der Waals surface area contributed by atoms with Gasteiger partial charge in [0.2, 0.25) is 19.5 Å². The van der Waals surface area contributed by atoms with E-state index < -0.39 is 0 Å². The van der Waals surface area contributed by atoms with E-state index >= 15 is 0 Å². The summed E-state index contributed by atoms with van der Waals surface area (Å²) in [5.74, 6) is 2.69. The van der Waals surface area contributed by atoms with Crippen molar-refractivity contribution in [3.63, 3.8) is 0 Å². The van der Waals surface area contributed by atoms with Crippen LogP contribution in [0.4, 0.5) is 5.69 Å². The third-order valence-electron chi connectivity index (χ3n) is 7.88. The van der Waals surface area contributed by atoms with Gasteiger partial charge in [0.25, 0.3) is 11.5 Å². The van der Waals surface area contributed by atoms with E-state index in [1.54, 1.807) is 61.7 Å². The van der Waals surface area contributed by atoms with Crippen LogP contribution in [0.1, 0.15) is 21.5 Å². The van der Waals surface area contributed by atoms with Crippen LogP contribution in [-0.4, -0.2) is 54.9 Å². The van der Waals surface area contributed by atoms with Gasteiger partial charge in [-0.1, -0.05) is 30.0 Å². The van der Waals surface area contributed by atoms with Gasteiger partial charge in [-0.2, -0.15) is 0 Å². The third-order valence-corrected chi connectivity index (χ3v) is 8.85. The first-order valence-corrected chi connectivity index (χ1v) is 16.1. The van der Waals surface area contributed by atoms with Crippen molar-refractivity contribution in [2.24, 2.45) is 0 Å². The number of fused-ring (bicyclic) bond motifs is 3. The average molecular weight is 683 g/mol. The predicted molar refractivity (Wildman–Crippen MR) is 180 cm³/mol. The third kappa shape index (κ3) is 6.76. The lowest BCUT2D eigenvalue weighted by Crippen LogP contribution is -2.25. The molecule has 3 heterocycles. The van der Waals surface area contributed by atoms with Crippen molar-refractivity contribution in [1.82, 2.24) is 14.9 Å². The zero-order valence-electron chi connectivity index (χ0n) is 26.4. The summed E-state index contributed by atoms with van der Waals surface area (Å²) < 4.78 is 33.9. The maximum atomic E-state index is 13.9. The van der Waals surface area contributed by atoms with E-state index in [0.29, 0.717) is 68.4 Å². The quantitative estimate of drug-likeness (QED) is 0.149. The van der Waals surface area contributed by atoms with Crippen LogP contribution in [-0.2, 0) is 17.9 Å². The number of aromatic nitrogens is 2. The molecule has 1 aromatic heterocycles. The normalized spacial score (nSPS) is 12.5. The number of anilines is 1. The number of thioether (sulfide) groups is 1. The molecule has 0 saturated carbocycles. The maximum Gasteiger partial charge on any atom is 0.262 e. The van der Waals surface area contributed by atoms with E-state index in [2.05, 4.69) is 10.6 Å². The van der Waals surface area contributed by atoms with Gasteiger partial charge < -0.3 is 39.1 Å². The molecule has 0 aliphatic carbocycles. The lowest BCUT2D eigenvalue weighted by molar-refractivity contribution is -0.113. The second kappa shape index (κ2) is 13.7. The van der Waals surface area contributed by atoms with Crippen LogP contribution in [0.2, 0.25) is 0 Å². The fraction of sp³-hybridized carbons (Fsp3) is 0.200. The topological polar surface area (TPSA) is 148 Å². The number of carbonyl (C=O) groups excluding carboxylic acids is 2. The van der Waals surface area contributed by atoms with Crippen molar-refractivity contribution >= 4 is 40.2 Å². The standard InChI is InChI=1S/C35H30N4O9S/c1-43-23-8-9-25(28(12-23)44-2)37-32(40)17-49-35-38-26-14-31-30(47-19-48-31)13-24(26)34(42)39(35)16-20-3-6-22(7-4-20)33(41)36-15-21-5-10-27-29(11-21)46-18-45-27/h3-14H,15-19H2,1-2H3,(H,36,41)(H,37,40). The first-order valence-electron chi connectivity index (χ1n) is 15.1. The SMILES string of the molecule is COc1ccc(NC(=O)CSc2nc3cc4c(cc3c(=O)n2Cc2ccc(C(=O)NCc3ccc5c(c3)OCO5)cc2)OCO4)c(OC)c1. The molecule has 0 fully saturated rings. The van der Waals surface area contributed by atoms with Crippen molar-refractivity contribution in [2.45, 2.75) is 18.2 Å². The average Bonchev–Trinajstić information content (AvgIpc) is 3.80. The molecule has 7 rings (SSSR count). The van der Waals surface area contributed by atoms with E-state index in [-0.39, 0.29) is 43.3 Å². The van der Waals surface area contributed by atoms with Crippen molar-refractivity contribution < 1.29 is 38.0 Å². The van der Waals surface area contributed by atoms with Crippen molar-refractivity contribution in [1.29, 1.82) is 0 Å². The fourth-order valence-electron chi connectivity index (χ4n) is 5.34. The first kappa shape index (κ1) is 31.7. The minimum atomic E-state index is -0.323. The van der Waals surface area contributed by atoms with Gasteiger partial charge in [-0.05, 0) is 53.6 Å². The number of methoxy groups -OCH3 is 2. The molecule has 49 heavy (non-hydrogen) atoms. The Balaban J connectivity index is 1.09. The number of hydrogen-bond donors (Lipinski definition) is 2. The number of carbonyl (C=O) groups is 2. The van der Waals surface area contributed by atoms with E-state index in [1.807, 2.05) is 18.2 Å². The largest absolute Gasteiger partial charge is 0.497 e. The summed E-state index contributed by atoms with van der Waals surface area (Å²) in [6.07, 6.45) is 0. The smallest absolute Gasteiger partial charge is 0.262 e. The van der Waals surface area contributed by atoms with Crippen LogP contribution in [0.5, 0.6) is 34.5 Å². The molecular weight excluding hydrogens is 652 g/mol. The maximum absolute atomic E-state index is 13.9. The second-order valence-corrected chi connectivity index (χ2v) is 11.9. The molecule has 0 bridgehead atoms. The van der Waals surface area contributed by atoms with Crippen molar-refractivity contribution in [3.05, 3.63) is 99.8 Å². The Hall–Kier alpha value is -5.89. The highest BCUT2D eigenvalue weighted by atomic mass is 32.2. The molecule has 4 aromatic carbocycles. The van der Waals surface area contributed by atoms with E-state index in [4.69, 9.17) is 33.4 Å². The molecule has 2 N–H and O–H groups in total. The van der Waals surface area contributed by atoms with Crippen molar-refractivity contribution in [2.75, 3.05) is 38.9 Å². The second-order valence-electron chi connectivity index (χ2n) is 11.0. The molecule has 0 spiro atoms. The number of hydrogen-bond acceptors (Lipinski definition) is 11. The lowest BCUT2D eigenvalue weighted by atomic mass is 10.1.